The van der Waals surface area contributed by atoms with Gasteiger partial charge in [-0.2, -0.15) is 0 Å². The molecule has 2 aliphatic rings. The van der Waals surface area contributed by atoms with Crippen LogP contribution < -0.4 is 0 Å². The van der Waals surface area contributed by atoms with Crippen molar-refractivity contribution in [1.29, 1.82) is 0 Å². The molecule has 1 heterocycles. The number of aliphatic imine (C=N–C) groups is 2. The number of halogens is 4. The molecule has 1 aliphatic heterocycles. The van der Waals surface area contributed by atoms with Crippen molar-refractivity contribution >= 4 is 80.9 Å². The summed E-state index contributed by atoms with van der Waals surface area (Å²) in [6.07, 6.45) is 4.16. The zero-order chi connectivity index (χ0) is 27.4. The van der Waals surface area contributed by atoms with Gasteiger partial charge in [-0.3, -0.25) is 4.79 Å². The van der Waals surface area contributed by atoms with E-state index in [1.165, 1.54) is 4.31 Å². The number of nitrogens with zero attached hydrogens (tertiary/aromatic N) is 4. The van der Waals surface area contributed by atoms with Crippen LogP contribution >= 0.6 is 58.4 Å². The van der Waals surface area contributed by atoms with E-state index in [0.29, 0.717) is 21.6 Å². The Morgan fingerprint density at radius 3 is 2.10 bits per heavy atom. The number of hydrogen-bond donors (Lipinski definition) is 0. The average molecular weight is 620 g/mol. The highest BCUT2D eigenvalue weighted by molar-refractivity contribution is 8.12. The first kappa shape index (κ1) is 28.3. The summed E-state index contributed by atoms with van der Waals surface area (Å²) in [4.78, 5) is 25.8. The Hall–Kier alpha value is -2.22. The van der Waals surface area contributed by atoms with E-state index in [2.05, 4.69) is 0 Å². The van der Waals surface area contributed by atoms with E-state index < -0.39 is 9.96 Å². The van der Waals surface area contributed by atoms with Crippen molar-refractivity contribution in [1.82, 2.24) is 9.21 Å². The number of rotatable bonds is 4. The van der Waals surface area contributed by atoms with E-state index >= 15 is 0 Å². The Morgan fingerprint density at radius 2 is 1.46 bits per heavy atom. The SMILES string of the molecule is O=C(c1ccccc1Cl)N1SC(=NC(=Nc2ccccc2)c2ccccc2)N(C2CCCCC2)C1C(Cl)(Cl)Cl. The molecule has 3 aromatic carbocycles. The van der Waals surface area contributed by atoms with Crippen LogP contribution in [0, 0.1) is 0 Å². The maximum atomic E-state index is 13.9. The van der Waals surface area contributed by atoms with E-state index in [4.69, 9.17) is 56.4 Å². The molecule has 10 heteroatoms. The van der Waals surface area contributed by atoms with Crippen molar-refractivity contribution in [3.8, 4) is 0 Å². The highest BCUT2D eigenvalue weighted by atomic mass is 35.6. The van der Waals surface area contributed by atoms with Gasteiger partial charge in [0.05, 0.1) is 16.3 Å². The molecule has 5 nitrogen and oxygen atoms in total. The van der Waals surface area contributed by atoms with Crippen LogP contribution in [-0.4, -0.2) is 42.1 Å². The van der Waals surface area contributed by atoms with E-state index in [-0.39, 0.29) is 11.9 Å². The first-order chi connectivity index (χ1) is 18.8. The number of carbonyl (C=O) groups excluding carboxylic acids is 1. The molecule has 0 N–H and O–H groups in total. The Labute approximate surface area is 252 Å². The zero-order valence-electron chi connectivity index (χ0n) is 20.9. The van der Waals surface area contributed by atoms with Crippen molar-refractivity contribution in [2.75, 3.05) is 0 Å². The average Bonchev–Trinajstić information content (AvgIpc) is 3.34. The fourth-order valence-corrected chi connectivity index (χ4v) is 7.03. The molecule has 3 aromatic rings. The Kier molecular flexibility index (Phi) is 9.09. The van der Waals surface area contributed by atoms with Crippen LogP contribution in [0.25, 0.3) is 0 Å². The fraction of sp³-hybridized carbons (Fsp3) is 0.276. The van der Waals surface area contributed by atoms with Crippen molar-refractivity contribution in [3.63, 3.8) is 0 Å². The van der Waals surface area contributed by atoms with Gasteiger partial charge in [-0.1, -0.05) is 126 Å². The van der Waals surface area contributed by atoms with Gasteiger partial charge in [0.2, 0.25) is 3.79 Å². The van der Waals surface area contributed by atoms with Crippen LogP contribution in [-0.2, 0) is 0 Å². The number of alkyl halides is 3. The molecule has 1 saturated carbocycles. The van der Waals surface area contributed by atoms with E-state index in [0.717, 1.165) is 55.3 Å². The molecule has 1 amide bonds. The molecule has 0 spiro atoms. The molecule has 1 atom stereocenters. The summed E-state index contributed by atoms with van der Waals surface area (Å²) in [6, 6.07) is 26.3. The van der Waals surface area contributed by atoms with Crippen LogP contribution in [0.5, 0.6) is 0 Å². The van der Waals surface area contributed by atoms with Crippen LogP contribution in [0.15, 0.2) is 94.9 Å². The maximum absolute atomic E-state index is 13.9. The minimum Gasteiger partial charge on any atom is -0.321 e. The smallest absolute Gasteiger partial charge is 0.267 e. The van der Waals surface area contributed by atoms with Gasteiger partial charge < -0.3 is 4.90 Å². The Morgan fingerprint density at radius 1 is 0.846 bits per heavy atom. The predicted molar refractivity (Wildman–Crippen MR) is 165 cm³/mol. The van der Waals surface area contributed by atoms with Gasteiger partial charge in [-0.15, -0.1) is 0 Å². The van der Waals surface area contributed by atoms with Crippen LogP contribution in [0.4, 0.5) is 5.69 Å². The molecular formula is C29H26Cl4N4OS. The number of hydrogen-bond acceptors (Lipinski definition) is 3. The molecular weight excluding hydrogens is 594 g/mol. The van der Waals surface area contributed by atoms with Crippen LogP contribution in [0.1, 0.15) is 48.0 Å². The second-order valence-electron chi connectivity index (χ2n) is 9.35. The summed E-state index contributed by atoms with van der Waals surface area (Å²) in [6.45, 7) is 0. The highest BCUT2D eigenvalue weighted by Gasteiger charge is 2.53. The number of amides is 1. The lowest BCUT2D eigenvalue weighted by molar-refractivity contribution is 0.0711. The highest BCUT2D eigenvalue weighted by Crippen LogP contribution is 2.47. The van der Waals surface area contributed by atoms with Crippen LogP contribution in [0.2, 0.25) is 5.02 Å². The Balaban J connectivity index is 1.65. The lowest BCUT2D eigenvalue weighted by Gasteiger charge is -2.40. The molecule has 2 fully saturated rings. The molecule has 5 rings (SSSR count). The molecule has 39 heavy (non-hydrogen) atoms. The monoisotopic (exact) mass is 618 g/mol. The largest absolute Gasteiger partial charge is 0.321 e. The molecule has 0 radical (unpaired) electrons. The van der Waals surface area contributed by atoms with Crippen LogP contribution in [0.3, 0.4) is 0 Å². The molecule has 0 bridgehead atoms. The molecule has 1 aliphatic carbocycles. The number of carbonyl (C=O) groups is 1. The molecule has 0 aromatic heterocycles. The third-order valence-electron chi connectivity index (χ3n) is 6.68. The molecule has 1 unspecified atom stereocenters. The normalized spacial score (nSPS) is 20.1. The summed E-state index contributed by atoms with van der Waals surface area (Å²) in [5.41, 5.74) is 1.92. The van der Waals surface area contributed by atoms with Gasteiger partial charge >= 0.3 is 0 Å². The fourth-order valence-electron chi connectivity index (χ4n) is 4.85. The predicted octanol–water partition coefficient (Wildman–Crippen LogP) is 8.91. The number of amidine groups is 2. The first-order valence-electron chi connectivity index (χ1n) is 12.7. The van der Waals surface area contributed by atoms with Gasteiger partial charge in [-0.25, -0.2) is 14.3 Å². The van der Waals surface area contributed by atoms with E-state index in [1.54, 1.807) is 24.3 Å². The van der Waals surface area contributed by atoms with E-state index in [1.807, 2.05) is 65.6 Å². The van der Waals surface area contributed by atoms with E-state index in [9.17, 15) is 4.79 Å². The standard InChI is InChI=1S/C29H26Cl4N4OS/c30-24-19-11-10-18-23(24)26(38)37-27(29(31,32)33)36(22-16-8-3-9-17-22)28(39-37)35-25(20-12-4-1-5-13-20)34-21-14-6-2-7-15-21/h1-2,4-7,10-15,18-19,22,27H,3,8-9,16-17H2. The van der Waals surface area contributed by atoms with Gasteiger partial charge in [0.15, 0.2) is 17.2 Å². The lowest BCUT2D eigenvalue weighted by atomic mass is 9.94. The summed E-state index contributed by atoms with van der Waals surface area (Å²) >= 11 is 27.5. The van der Waals surface area contributed by atoms with Crippen molar-refractivity contribution in [2.24, 2.45) is 9.98 Å². The van der Waals surface area contributed by atoms with Crippen molar-refractivity contribution < 1.29 is 4.79 Å². The van der Waals surface area contributed by atoms with Gasteiger partial charge in [0, 0.05) is 23.6 Å². The van der Waals surface area contributed by atoms with Gasteiger partial charge in [0.25, 0.3) is 5.91 Å². The third kappa shape index (κ3) is 6.58. The number of para-hydroxylation sites is 1. The Bertz CT molecular complexity index is 1360. The minimum atomic E-state index is -1.82. The summed E-state index contributed by atoms with van der Waals surface area (Å²) in [5.74, 6) is 0.148. The lowest BCUT2D eigenvalue weighted by Crippen LogP contribution is -2.54. The third-order valence-corrected chi connectivity index (χ3v) is 8.62. The zero-order valence-corrected chi connectivity index (χ0v) is 24.7. The topological polar surface area (TPSA) is 48.3 Å². The van der Waals surface area contributed by atoms with Gasteiger partial charge in [0.1, 0.15) is 0 Å². The molecule has 202 valence electrons. The second kappa shape index (κ2) is 12.5. The van der Waals surface area contributed by atoms with Gasteiger partial charge in [-0.05, 0) is 37.1 Å². The quantitative estimate of drug-likeness (QED) is 0.127. The first-order valence-corrected chi connectivity index (χ1v) is 15.0. The summed E-state index contributed by atoms with van der Waals surface area (Å²) in [7, 11) is 0. The maximum Gasteiger partial charge on any atom is 0.267 e. The summed E-state index contributed by atoms with van der Waals surface area (Å²) < 4.78 is -0.325. The molecule has 1 saturated heterocycles. The van der Waals surface area contributed by atoms with Crippen molar-refractivity contribution in [2.45, 2.75) is 48.1 Å². The summed E-state index contributed by atoms with van der Waals surface area (Å²) in [5, 5.41) is 0.883. The minimum absolute atomic E-state index is 0.0448. The number of benzene rings is 3. The second-order valence-corrected chi connectivity index (χ2v) is 13.1. The van der Waals surface area contributed by atoms with Crippen molar-refractivity contribution in [3.05, 3.63) is 101 Å².